The van der Waals surface area contributed by atoms with Crippen LogP contribution in [-0.2, 0) is 0 Å². The zero-order valence-electron chi connectivity index (χ0n) is 3.91. The predicted octanol–water partition coefficient (Wildman–Crippen LogP) is 2.19. The molecule has 0 amide bonds. The first kappa shape index (κ1) is 5.58. The molecule has 1 aromatic rings. The summed E-state index contributed by atoms with van der Waals surface area (Å²) in [6, 6.07) is 7.67. The van der Waals surface area contributed by atoms with E-state index < -0.39 is 0 Å². The molecule has 0 saturated carbocycles. The molecule has 0 aliphatic rings. The van der Waals surface area contributed by atoms with Gasteiger partial charge in [0.1, 0.15) is 0 Å². The van der Waals surface area contributed by atoms with E-state index in [4.69, 9.17) is 0 Å². The van der Waals surface area contributed by atoms with E-state index >= 15 is 0 Å². The molecule has 0 aromatic heterocycles. The Morgan fingerprint density at radius 2 is 2.12 bits per heavy atom. The zero-order chi connectivity index (χ0) is 5.98. The lowest BCUT2D eigenvalue weighted by molar-refractivity contribution is 0.628. The topological polar surface area (TPSA) is 0 Å². The monoisotopic (exact) mass is 172 g/mol. The predicted molar refractivity (Wildman–Crippen MR) is 31.8 cm³/mol. The Morgan fingerprint density at radius 3 is 2.50 bits per heavy atom. The van der Waals surface area contributed by atoms with Crippen LogP contribution in [0.25, 0.3) is 0 Å². The molecule has 1 aromatic carbocycles. The fourth-order valence-electron chi connectivity index (χ4n) is 0.349. The van der Waals surface area contributed by atoms with Crippen molar-refractivity contribution in [3.63, 3.8) is 0 Å². The van der Waals surface area contributed by atoms with Crippen LogP contribution in [0.4, 0.5) is 4.39 Å². The van der Waals surface area contributed by atoms with Gasteiger partial charge in [-0.1, -0.05) is 6.07 Å². The minimum absolute atomic E-state index is 0.381. The maximum absolute atomic E-state index is 12.0. The molecular formula is C6H2BrF. The van der Waals surface area contributed by atoms with Crippen LogP contribution in [0.3, 0.4) is 0 Å². The molecule has 0 radical (unpaired) electrons. The van der Waals surface area contributed by atoms with Crippen LogP contribution < -0.4 is 0 Å². The third-order valence-electron chi connectivity index (χ3n) is 0.677. The highest BCUT2D eigenvalue weighted by atomic mass is 79.9. The molecule has 0 nitrogen and oxygen atoms in total. The third kappa shape index (κ3) is 1.21. The van der Waals surface area contributed by atoms with Crippen LogP contribution in [0.2, 0.25) is 0 Å². The van der Waals surface area contributed by atoms with Crippen molar-refractivity contribution in [3.05, 3.63) is 34.6 Å². The maximum atomic E-state index is 12.0. The minimum atomic E-state index is -0.381. The Hall–Kier alpha value is -0.550. The summed E-state index contributed by atoms with van der Waals surface area (Å²) >= 11 is 3.09. The second kappa shape index (κ2) is 2.15. The summed E-state index contributed by atoms with van der Waals surface area (Å²) in [4.78, 5) is 0. The quantitative estimate of drug-likeness (QED) is 0.564. The lowest BCUT2D eigenvalue weighted by Crippen LogP contribution is -1.64. The summed E-state index contributed by atoms with van der Waals surface area (Å²) in [6.07, 6.45) is 0. The lowest BCUT2D eigenvalue weighted by atomic mass is 10.4. The summed E-state index contributed by atoms with van der Waals surface area (Å²) < 4.78 is 12.7. The summed E-state index contributed by atoms with van der Waals surface area (Å²) in [6.45, 7) is 0. The van der Waals surface area contributed by atoms with Gasteiger partial charge in [0, 0.05) is 0 Å². The molecule has 0 aliphatic heterocycles. The first-order chi connectivity index (χ1) is 3.79. The van der Waals surface area contributed by atoms with E-state index in [2.05, 4.69) is 28.1 Å². The Morgan fingerprint density at radius 1 is 1.38 bits per heavy atom. The largest absolute Gasteiger partial charge is 0.197 e. The van der Waals surface area contributed by atoms with E-state index in [-0.39, 0.29) is 5.82 Å². The Labute approximate surface area is 55.5 Å². The molecule has 0 heterocycles. The molecule has 0 aliphatic carbocycles. The molecule has 8 heavy (non-hydrogen) atoms. The fraction of sp³-hybridized carbons (Fsp3) is 0. The highest BCUT2D eigenvalue weighted by molar-refractivity contribution is 9.10. The van der Waals surface area contributed by atoms with E-state index in [0.717, 1.165) is 4.47 Å². The van der Waals surface area contributed by atoms with E-state index in [1.165, 1.54) is 6.07 Å². The zero-order valence-corrected chi connectivity index (χ0v) is 5.50. The van der Waals surface area contributed by atoms with E-state index in [0.29, 0.717) is 0 Å². The maximum Gasteiger partial charge on any atom is 0.173 e. The van der Waals surface area contributed by atoms with Gasteiger partial charge in [0.15, 0.2) is 5.82 Å². The summed E-state index contributed by atoms with van der Waals surface area (Å²) in [7, 11) is 0. The van der Waals surface area contributed by atoms with Crippen LogP contribution in [0.15, 0.2) is 16.6 Å². The van der Waals surface area contributed by atoms with E-state index in [1.807, 2.05) is 0 Å². The Bertz CT molecular complexity index is 147. The van der Waals surface area contributed by atoms with Crippen molar-refractivity contribution in [2.45, 2.75) is 0 Å². The minimum Gasteiger partial charge on any atom is -0.197 e. The van der Waals surface area contributed by atoms with Crippen LogP contribution in [0.5, 0.6) is 0 Å². The lowest BCUT2D eigenvalue weighted by Gasteiger charge is -1.77. The molecule has 0 saturated heterocycles. The average molecular weight is 173 g/mol. The van der Waals surface area contributed by atoms with Gasteiger partial charge >= 0.3 is 0 Å². The standard InChI is InChI=1S/C6H2BrF/c7-5-1-3-6(8)4-2-5/h1,3H. The van der Waals surface area contributed by atoms with E-state index in [1.54, 1.807) is 6.07 Å². The third-order valence-corrected chi connectivity index (χ3v) is 1.14. The fourth-order valence-corrected chi connectivity index (χ4v) is 0.580. The van der Waals surface area contributed by atoms with Crippen molar-refractivity contribution in [1.29, 1.82) is 0 Å². The normalized spacial score (nSPS) is 8.25. The molecule has 1 rings (SSSR count). The van der Waals surface area contributed by atoms with Gasteiger partial charge in [-0.25, -0.2) is 0 Å². The van der Waals surface area contributed by atoms with Crippen molar-refractivity contribution in [2.75, 3.05) is 0 Å². The van der Waals surface area contributed by atoms with Crippen molar-refractivity contribution in [2.24, 2.45) is 0 Å². The Kier molecular flexibility index (Phi) is 1.50. The highest BCUT2D eigenvalue weighted by Gasteiger charge is 1.82. The molecule has 0 N–H and O–H groups in total. The molecule has 0 bridgehead atoms. The first-order valence-corrected chi connectivity index (χ1v) is 2.83. The smallest absolute Gasteiger partial charge is 0.173 e. The van der Waals surface area contributed by atoms with E-state index in [9.17, 15) is 4.39 Å². The summed E-state index contributed by atoms with van der Waals surface area (Å²) in [5.41, 5.74) is 0. The van der Waals surface area contributed by atoms with Gasteiger partial charge in [-0.3, -0.25) is 0 Å². The molecular weight excluding hydrogens is 171 g/mol. The van der Waals surface area contributed by atoms with Gasteiger partial charge in [-0.15, -0.1) is 0 Å². The molecule has 0 spiro atoms. The molecule has 40 valence electrons. The molecule has 2 heteroatoms. The highest BCUT2D eigenvalue weighted by Crippen LogP contribution is 2.03. The van der Waals surface area contributed by atoms with Gasteiger partial charge in [-0.2, -0.15) is 4.39 Å². The van der Waals surface area contributed by atoms with Crippen LogP contribution >= 0.6 is 15.9 Å². The van der Waals surface area contributed by atoms with Gasteiger partial charge in [-0.05, 0) is 34.1 Å². The van der Waals surface area contributed by atoms with Crippen LogP contribution in [0.1, 0.15) is 0 Å². The van der Waals surface area contributed by atoms with Crippen molar-refractivity contribution < 1.29 is 4.39 Å². The number of halogens is 2. The van der Waals surface area contributed by atoms with Crippen LogP contribution in [-0.4, -0.2) is 0 Å². The molecule has 0 unspecified atom stereocenters. The van der Waals surface area contributed by atoms with Gasteiger partial charge < -0.3 is 0 Å². The van der Waals surface area contributed by atoms with Gasteiger partial charge in [0.2, 0.25) is 0 Å². The number of rotatable bonds is 0. The Balaban J connectivity index is 3.03. The molecule has 0 atom stereocenters. The van der Waals surface area contributed by atoms with Crippen molar-refractivity contribution >= 4 is 15.9 Å². The van der Waals surface area contributed by atoms with Gasteiger partial charge in [0.05, 0.1) is 4.47 Å². The van der Waals surface area contributed by atoms with Crippen LogP contribution in [0, 0.1) is 17.9 Å². The van der Waals surface area contributed by atoms with Gasteiger partial charge in [0.25, 0.3) is 0 Å². The number of hydrogen-bond donors (Lipinski definition) is 0. The summed E-state index contributed by atoms with van der Waals surface area (Å²) in [5, 5.41) is 0. The van der Waals surface area contributed by atoms with Crippen molar-refractivity contribution in [1.82, 2.24) is 0 Å². The first-order valence-electron chi connectivity index (χ1n) is 2.04. The second-order valence-corrected chi connectivity index (χ2v) is 2.13. The second-order valence-electron chi connectivity index (χ2n) is 1.28. The summed E-state index contributed by atoms with van der Waals surface area (Å²) in [5.74, 6) is -0.381. The molecule has 0 fully saturated rings. The average Bonchev–Trinajstić information content (AvgIpc) is 1.77. The number of hydrogen-bond acceptors (Lipinski definition) is 0. The SMILES string of the molecule is Fc1c#cc(Br)cc1. The van der Waals surface area contributed by atoms with Crippen molar-refractivity contribution in [3.8, 4) is 0 Å².